The van der Waals surface area contributed by atoms with Crippen molar-refractivity contribution in [3.05, 3.63) is 11.8 Å². The summed E-state index contributed by atoms with van der Waals surface area (Å²) >= 11 is 0. The van der Waals surface area contributed by atoms with Gasteiger partial charge in [0.05, 0.1) is 5.54 Å². The van der Waals surface area contributed by atoms with Crippen LogP contribution in [-0.2, 0) is 0 Å². The molecule has 0 aromatic rings. The van der Waals surface area contributed by atoms with E-state index in [1.807, 2.05) is 6.92 Å². The summed E-state index contributed by atoms with van der Waals surface area (Å²) in [7, 11) is 0. The van der Waals surface area contributed by atoms with Crippen molar-refractivity contribution in [3.63, 3.8) is 0 Å². The van der Waals surface area contributed by atoms with E-state index in [2.05, 4.69) is 19.9 Å². The zero-order valence-corrected chi connectivity index (χ0v) is 8.30. The molecule has 2 heteroatoms. The van der Waals surface area contributed by atoms with Gasteiger partial charge in [-0.05, 0) is 31.6 Å². The average Bonchev–Trinajstić information content (AvgIpc) is 1.94. The molecule has 0 aromatic carbocycles. The average molecular weight is 168 g/mol. The van der Waals surface area contributed by atoms with Gasteiger partial charge >= 0.3 is 0 Å². The lowest BCUT2D eigenvalue weighted by atomic mass is 9.78. The lowest BCUT2D eigenvalue weighted by Crippen LogP contribution is -2.44. The molecule has 1 rings (SSSR count). The highest BCUT2D eigenvalue weighted by Crippen LogP contribution is 2.30. The van der Waals surface area contributed by atoms with E-state index in [1.165, 1.54) is 6.42 Å². The topological polar surface area (TPSA) is 52.0 Å². The molecule has 2 nitrogen and oxygen atoms in total. The van der Waals surface area contributed by atoms with Crippen molar-refractivity contribution in [3.8, 4) is 0 Å². The van der Waals surface area contributed by atoms with Gasteiger partial charge in [0, 0.05) is 5.70 Å². The molecule has 1 aliphatic rings. The first-order chi connectivity index (χ1) is 5.43. The van der Waals surface area contributed by atoms with Crippen LogP contribution in [0.25, 0.3) is 0 Å². The highest BCUT2D eigenvalue weighted by atomic mass is 14.8. The van der Waals surface area contributed by atoms with Gasteiger partial charge in [0.2, 0.25) is 0 Å². The van der Waals surface area contributed by atoms with Crippen LogP contribution in [0.3, 0.4) is 0 Å². The molecular weight excluding hydrogens is 148 g/mol. The molecule has 0 aromatic heterocycles. The third kappa shape index (κ3) is 1.81. The molecule has 0 amide bonds. The van der Waals surface area contributed by atoms with Gasteiger partial charge in [-0.2, -0.15) is 0 Å². The van der Waals surface area contributed by atoms with Crippen molar-refractivity contribution in [2.75, 3.05) is 0 Å². The molecular formula is C10H20N2. The fourth-order valence-corrected chi connectivity index (χ4v) is 1.64. The molecule has 0 fully saturated rings. The molecule has 2 unspecified atom stereocenters. The third-order valence-electron chi connectivity index (χ3n) is 2.91. The Bertz CT molecular complexity index is 192. The van der Waals surface area contributed by atoms with Crippen LogP contribution in [0.2, 0.25) is 0 Å². The Labute approximate surface area is 75.0 Å². The van der Waals surface area contributed by atoms with E-state index in [1.54, 1.807) is 0 Å². The third-order valence-corrected chi connectivity index (χ3v) is 2.91. The summed E-state index contributed by atoms with van der Waals surface area (Å²) in [6.45, 7) is 6.47. The zero-order chi connectivity index (χ0) is 9.35. The normalized spacial score (nSPS) is 36.8. The highest BCUT2D eigenvalue weighted by Gasteiger charge is 2.29. The lowest BCUT2D eigenvalue weighted by molar-refractivity contribution is 0.342. The van der Waals surface area contributed by atoms with E-state index >= 15 is 0 Å². The van der Waals surface area contributed by atoms with Gasteiger partial charge in [0.25, 0.3) is 0 Å². The van der Waals surface area contributed by atoms with Crippen LogP contribution in [0, 0.1) is 11.8 Å². The van der Waals surface area contributed by atoms with E-state index in [0.29, 0.717) is 11.8 Å². The molecule has 0 saturated carbocycles. The van der Waals surface area contributed by atoms with Crippen molar-refractivity contribution < 1.29 is 0 Å². The van der Waals surface area contributed by atoms with Gasteiger partial charge < -0.3 is 11.5 Å². The molecule has 0 saturated heterocycles. The zero-order valence-electron chi connectivity index (χ0n) is 8.30. The predicted octanol–water partition coefficient (Wildman–Crippen LogP) is 1.61. The Morgan fingerprint density at radius 1 is 1.58 bits per heavy atom. The second kappa shape index (κ2) is 3.09. The highest BCUT2D eigenvalue weighted by molar-refractivity contribution is 5.18. The van der Waals surface area contributed by atoms with Crippen LogP contribution < -0.4 is 11.5 Å². The summed E-state index contributed by atoms with van der Waals surface area (Å²) < 4.78 is 0. The van der Waals surface area contributed by atoms with Crippen molar-refractivity contribution in [2.24, 2.45) is 23.3 Å². The Morgan fingerprint density at radius 2 is 2.17 bits per heavy atom. The summed E-state index contributed by atoms with van der Waals surface area (Å²) in [5.41, 5.74) is 12.5. The lowest BCUT2D eigenvalue weighted by Gasteiger charge is -2.34. The monoisotopic (exact) mass is 168 g/mol. The first-order valence-corrected chi connectivity index (χ1v) is 4.70. The number of allylic oxidation sites excluding steroid dienone is 1. The Kier molecular flexibility index (Phi) is 2.47. The van der Waals surface area contributed by atoms with E-state index in [4.69, 9.17) is 11.5 Å². The number of nitrogens with two attached hydrogens (primary N) is 2. The van der Waals surface area contributed by atoms with E-state index in [-0.39, 0.29) is 5.54 Å². The Morgan fingerprint density at radius 3 is 2.58 bits per heavy atom. The van der Waals surface area contributed by atoms with Gasteiger partial charge in [-0.25, -0.2) is 0 Å². The summed E-state index contributed by atoms with van der Waals surface area (Å²) in [6.07, 6.45) is 4.33. The van der Waals surface area contributed by atoms with Crippen LogP contribution in [-0.4, -0.2) is 5.54 Å². The summed E-state index contributed by atoms with van der Waals surface area (Å²) in [6, 6.07) is 0. The Balaban J connectivity index is 2.75. The van der Waals surface area contributed by atoms with Crippen LogP contribution >= 0.6 is 0 Å². The number of hydrogen-bond donors (Lipinski definition) is 2. The molecule has 0 heterocycles. The van der Waals surface area contributed by atoms with Crippen LogP contribution in [0.15, 0.2) is 11.8 Å². The fraction of sp³-hybridized carbons (Fsp3) is 0.800. The first-order valence-electron chi connectivity index (χ1n) is 4.70. The van der Waals surface area contributed by atoms with Gasteiger partial charge in [-0.1, -0.05) is 19.9 Å². The molecule has 1 aliphatic carbocycles. The van der Waals surface area contributed by atoms with Gasteiger partial charge in [0.1, 0.15) is 0 Å². The van der Waals surface area contributed by atoms with Gasteiger partial charge in [0.15, 0.2) is 0 Å². The minimum atomic E-state index is -0.259. The molecule has 0 spiro atoms. The molecule has 4 N–H and O–H groups in total. The van der Waals surface area contributed by atoms with Gasteiger partial charge in [-0.15, -0.1) is 0 Å². The standard InChI is InChI=1S/C10H20N2/c1-7(2)8-4-5-10(3,12)9(11)6-8/h6-8H,4-5,11-12H2,1-3H3. The van der Waals surface area contributed by atoms with Crippen molar-refractivity contribution in [1.29, 1.82) is 0 Å². The molecule has 2 atom stereocenters. The maximum atomic E-state index is 5.99. The molecule has 0 bridgehead atoms. The summed E-state index contributed by atoms with van der Waals surface area (Å²) in [4.78, 5) is 0. The SMILES string of the molecule is CC(C)C1C=C(N)C(C)(N)CC1. The van der Waals surface area contributed by atoms with Crippen LogP contribution in [0.1, 0.15) is 33.6 Å². The van der Waals surface area contributed by atoms with Crippen molar-refractivity contribution in [1.82, 2.24) is 0 Å². The van der Waals surface area contributed by atoms with E-state index in [0.717, 1.165) is 12.1 Å². The maximum Gasteiger partial charge on any atom is 0.0524 e. The quantitative estimate of drug-likeness (QED) is 0.625. The second-order valence-corrected chi connectivity index (χ2v) is 4.49. The minimum Gasteiger partial charge on any atom is -0.401 e. The van der Waals surface area contributed by atoms with E-state index < -0.39 is 0 Å². The predicted molar refractivity (Wildman–Crippen MR) is 52.4 cm³/mol. The summed E-state index contributed by atoms with van der Waals surface area (Å²) in [5.74, 6) is 1.31. The smallest absolute Gasteiger partial charge is 0.0524 e. The Hall–Kier alpha value is -0.500. The fourth-order valence-electron chi connectivity index (χ4n) is 1.64. The van der Waals surface area contributed by atoms with Crippen LogP contribution in [0.4, 0.5) is 0 Å². The molecule has 0 aliphatic heterocycles. The number of rotatable bonds is 1. The van der Waals surface area contributed by atoms with E-state index in [9.17, 15) is 0 Å². The van der Waals surface area contributed by atoms with Crippen LogP contribution in [0.5, 0.6) is 0 Å². The second-order valence-electron chi connectivity index (χ2n) is 4.49. The minimum absolute atomic E-state index is 0.259. The maximum absolute atomic E-state index is 5.99. The number of hydrogen-bond acceptors (Lipinski definition) is 2. The molecule has 70 valence electrons. The summed E-state index contributed by atoms with van der Waals surface area (Å²) in [5, 5.41) is 0. The molecule has 0 radical (unpaired) electrons. The van der Waals surface area contributed by atoms with Crippen molar-refractivity contribution >= 4 is 0 Å². The molecule has 12 heavy (non-hydrogen) atoms. The van der Waals surface area contributed by atoms with Gasteiger partial charge in [-0.3, -0.25) is 0 Å². The van der Waals surface area contributed by atoms with Crippen molar-refractivity contribution in [2.45, 2.75) is 39.2 Å². The first kappa shape index (κ1) is 9.59. The largest absolute Gasteiger partial charge is 0.401 e.